The number of allylic oxidation sites excluding steroid dienone is 3. The normalized spacial score (nSPS) is 22.1. The van der Waals surface area contributed by atoms with Crippen molar-refractivity contribution in [1.82, 2.24) is 5.32 Å². The first-order chi connectivity index (χ1) is 17.9. The first-order valence-corrected chi connectivity index (χ1v) is 13.4. The lowest BCUT2D eigenvalue weighted by atomic mass is 9.71. The largest absolute Gasteiger partial charge is 0.508 e. The van der Waals surface area contributed by atoms with Gasteiger partial charge in [-0.2, -0.15) is 0 Å². The van der Waals surface area contributed by atoms with Crippen LogP contribution in [0.1, 0.15) is 74.8 Å². The number of phenolic OH excluding ortho intramolecular Hbond substituents is 1. The zero-order chi connectivity index (χ0) is 26.1. The predicted octanol–water partition coefficient (Wildman–Crippen LogP) is 6.29. The number of ketones is 1. The number of aromatic hydroxyl groups is 1. The number of carbonyl (C=O) groups is 2. The number of dihydropyridines is 1. The first-order valence-electron chi connectivity index (χ1n) is 13.0. The zero-order valence-corrected chi connectivity index (χ0v) is 21.9. The highest BCUT2D eigenvalue weighted by molar-refractivity contribution is 6.30. The van der Waals surface area contributed by atoms with Crippen LogP contribution in [0.3, 0.4) is 0 Å². The summed E-state index contributed by atoms with van der Waals surface area (Å²) in [6.07, 6.45) is 5.17. The molecule has 2 aromatic carbocycles. The average Bonchev–Trinajstić information content (AvgIpc) is 3.40. The van der Waals surface area contributed by atoms with Gasteiger partial charge in [-0.15, -0.1) is 0 Å². The van der Waals surface area contributed by atoms with E-state index in [1.807, 2.05) is 25.1 Å². The lowest BCUT2D eigenvalue weighted by Crippen LogP contribution is -2.37. The lowest BCUT2D eigenvalue weighted by Gasteiger charge is -2.37. The molecule has 0 amide bonds. The molecule has 0 spiro atoms. The van der Waals surface area contributed by atoms with Crippen molar-refractivity contribution in [2.45, 2.75) is 69.8 Å². The number of carbonyl (C=O) groups excluding carboxylic acids is 2. The summed E-state index contributed by atoms with van der Waals surface area (Å²) in [5, 5.41) is 14.3. The second-order valence-corrected chi connectivity index (χ2v) is 10.5. The molecular weight excluding hydrogens is 490 g/mol. The van der Waals surface area contributed by atoms with Gasteiger partial charge >= 0.3 is 5.97 Å². The highest BCUT2D eigenvalue weighted by atomic mass is 35.5. The second-order valence-electron chi connectivity index (χ2n) is 10.0. The number of phenols is 1. The summed E-state index contributed by atoms with van der Waals surface area (Å²) in [5.41, 5.74) is 4.23. The fourth-order valence-corrected chi connectivity index (χ4v) is 6.14. The second kappa shape index (κ2) is 10.6. The van der Waals surface area contributed by atoms with Crippen LogP contribution < -0.4 is 10.1 Å². The SMILES string of the molecule is CCC1=C(C(=O)OC2CCCC2)C(c2cccc(O)c2)C2=C(CC(c3ccc(Cl)cc3OC)CC2=O)N1. The third kappa shape index (κ3) is 4.99. The molecule has 6 nitrogen and oxygen atoms in total. The summed E-state index contributed by atoms with van der Waals surface area (Å²) in [7, 11) is 1.60. The van der Waals surface area contributed by atoms with Crippen LogP contribution in [-0.4, -0.2) is 30.1 Å². The molecule has 3 aliphatic rings. The standard InChI is InChI=1S/C30H32ClNO5/c1-3-23-29(30(35)37-21-9-4-5-10-21)27(17-7-6-8-20(33)13-17)28-24(32-23)14-18(15-25(28)34)22-12-11-19(31)16-26(22)36-2/h6-8,11-13,16,18,21,27,32-33H,3-5,9-10,14-15H2,1-2H3. The van der Waals surface area contributed by atoms with E-state index in [0.29, 0.717) is 40.3 Å². The minimum Gasteiger partial charge on any atom is -0.508 e. The molecule has 1 fully saturated rings. The fourth-order valence-electron chi connectivity index (χ4n) is 5.97. The van der Waals surface area contributed by atoms with Crippen molar-refractivity contribution in [1.29, 1.82) is 0 Å². The molecule has 37 heavy (non-hydrogen) atoms. The predicted molar refractivity (Wildman–Crippen MR) is 142 cm³/mol. The molecule has 0 radical (unpaired) electrons. The molecule has 2 N–H and O–H groups in total. The molecule has 2 aliphatic carbocycles. The van der Waals surface area contributed by atoms with E-state index in [-0.39, 0.29) is 35.9 Å². The van der Waals surface area contributed by atoms with Gasteiger partial charge in [0.25, 0.3) is 0 Å². The van der Waals surface area contributed by atoms with Crippen molar-refractivity contribution in [3.8, 4) is 11.5 Å². The van der Waals surface area contributed by atoms with E-state index in [1.165, 1.54) is 0 Å². The molecule has 194 valence electrons. The topological polar surface area (TPSA) is 84.9 Å². The number of methoxy groups -OCH3 is 1. The van der Waals surface area contributed by atoms with Crippen LogP contribution in [0.2, 0.25) is 5.02 Å². The van der Waals surface area contributed by atoms with Gasteiger partial charge < -0.3 is 19.9 Å². The van der Waals surface area contributed by atoms with Gasteiger partial charge in [-0.1, -0.05) is 36.7 Å². The van der Waals surface area contributed by atoms with Gasteiger partial charge in [0.15, 0.2) is 5.78 Å². The molecule has 2 atom stereocenters. The molecule has 0 saturated heterocycles. The van der Waals surface area contributed by atoms with Crippen LogP contribution in [0.15, 0.2) is 65.0 Å². The molecule has 7 heteroatoms. The maximum atomic E-state index is 13.9. The zero-order valence-electron chi connectivity index (χ0n) is 21.2. The Hall–Kier alpha value is -3.25. The van der Waals surface area contributed by atoms with Crippen LogP contribution in [-0.2, 0) is 14.3 Å². The van der Waals surface area contributed by atoms with Crippen molar-refractivity contribution < 1.29 is 24.2 Å². The number of hydrogen-bond acceptors (Lipinski definition) is 6. The van der Waals surface area contributed by atoms with Crippen molar-refractivity contribution in [2.24, 2.45) is 0 Å². The van der Waals surface area contributed by atoms with E-state index in [9.17, 15) is 14.7 Å². The summed E-state index contributed by atoms with van der Waals surface area (Å²) >= 11 is 6.18. The number of benzene rings is 2. The number of Topliss-reactive ketones (excluding diaryl/α,β-unsaturated/α-hetero) is 1. The third-order valence-electron chi connectivity index (χ3n) is 7.70. The quantitative estimate of drug-likeness (QED) is 0.434. The smallest absolute Gasteiger partial charge is 0.337 e. The Morgan fingerprint density at radius 3 is 2.62 bits per heavy atom. The molecule has 5 rings (SSSR count). The monoisotopic (exact) mass is 521 g/mol. The molecule has 2 unspecified atom stereocenters. The molecule has 1 heterocycles. The van der Waals surface area contributed by atoms with Crippen molar-refractivity contribution in [3.05, 3.63) is 81.2 Å². The molecule has 2 aromatic rings. The molecule has 1 aliphatic heterocycles. The van der Waals surface area contributed by atoms with Gasteiger partial charge in [0.1, 0.15) is 17.6 Å². The van der Waals surface area contributed by atoms with Gasteiger partial charge in [-0.05, 0) is 73.9 Å². The number of nitrogens with one attached hydrogen (secondary N) is 1. The maximum absolute atomic E-state index is 13.9. The first kappa shape index (κ1) is 25.4. The molecule has 1 saturated carbocycles. The number of rotatable bonds is 6. The number of ether oxygens (including phenoxy) is 2. The van der Waals surface area contributed by atoms with E-state index in [4.69, 9.17) is 21.1 Å². The minimum absolute atomic E-state index is 0.0367. The molecule has 0 bridgehead atoms. The van der Waals surface area contributed by atoms with Crippen LogP contribution >= 0.6 is 11.6 Å². The minimum atomic E-state index is -0.604. The Bertz CT molecular complexity index is 1290. The highest BCUT2D eigenvalue weighted by Crippen LogP contribution is 2.48. The van der Waals surface area contributed by atoms with E-state index in [1.54, 1.807) is 31.4 Å². The van der Waals surface area contributed by atoms with E-state index < -0.39 is 5.92 Å². The Labute approximate surface area is 222 Å². The van der Waals surface area contributed by atoms with Crippen LogP contribution in [0.5, 0.6) is 11.5 Å². The summed E-state index contributed by atoms with van der Waals surface area (Å²) in [4.78, 5) is 27.5. The van der Waals surface area contributed by atoms with Gasteiger partial charge in [0, 0.05) is 40.2 Å². The summed E-state index contributed by atoms with van der Waals surface area (Å²) in [6, 6.07) is 12.3. The highest BCUT2D eigenvalue weighted by Gasteiger charge is 2.43. The van der Waals surface area contributed by atoms with Crippen LogP contribution in [0, 0.1) is 0 Å². The number of hydrogen-bond donors (Lipinski definition) is 2. The van der Waals surface area contributed by atoms with Gasteiger partial charge in [-0.3, -0.25) is 4.79 Å². The van der Waals surface area contributed by atoms with Gasteiger partial charge in [-0.25, -0.2) is 4.79 Å². The van der Waals surface area contributed by atoms with Crippen LogP contribution in [0.25, 0.3) is 0 Å². The van der Waals surface area contributed by atoms with Gasteiger partial charge in [0.05, 0.1) is 12.7 Å². The van der Waals surface area contributed by atoms with Crippen LogP contribution in [0.4, 0.5) is 0 Å². The van der Waals surface area contributed by atoms with E-state index >= 15 is 0 Å². The Morgan fingerprint density at radius 2 is 1.92 bits per heavy atom. The number of halogens is 1. The lowest BCUT2D eigenvalue weighted by molar-refractivity contribution is -0.144. The van der Waals surface area contributed by atoms with E-state index in [0.717, 1.165) is 42.6 Å². The third-order valence-corrected chi connectivity index (χ3v) is 7.94. The van der Waals surface area contributed by atoms with E-state index in [2.05, 4.69) is 5.32 Å². The number of esters is 1. The summed E-state index contributed by atoms with van der Waals surface area (Å²) < 4.78 is 11.5. The molecular formula is C30H32ClNO5. The van der Waals surface area contributed by atoms with Crippen molar-refractivity contribution in [3.63, 3.8) is 0 Å². The Morgan fingerprint density at radius 1 is 1.14 bits per heavy atom. The van der Waals surface area contributed by atoms with Crippen molar-refractivity contribution >= 4 is 23.4 Å². The maximum Gasteiger partial charge on any atom is 0.337 e. The fraction of sp³-hybridized carbons (Fsp3) is 0.400. The summed E-state index contributed by atoms with van der Waals surface area (Å²) in [5.74, 6) is -0.377. The molecule has 0 aromatic heterocycles. The Balaban J connectivity index is 1.58. The average molecular weight is 522 g/mol. The van der Waals surface area contributed by atoms with Gasteiger partial charge in [0.2, 0.25) is 0 Å². The summed E-state index contributed by atoms with van der Waals surface area (Å²) in [6.45, 7) is 1.99. The van der Waals surface area contributed by atoms with Crippen molar-refractivity contribution in [2.75, 3.05) is 7.11 Å². The Kier molecular flexibility index (Phi) is 7.29.